The van der Waals surface area contributed by atoms with Crippen LogP contribution in [0.25, 0.3) is 21.8 Å². The van der Waals surface area contributed by atoms with E-state index in [1.165, 1.54) is 10.6 Å². The Morgan fingerprint density at radius 3 is 2.59 bits per heavy atom. The minimum atomic E-state index is -4.55. The summed E-state index contributed by atoms with van der Waals surface area (Å²) in [5.41, 5.74) is -1.38. The lowest BCUT2D eigenvalue weighted by Crippen LogP contribution is -2.23. The first-order chi connectivity index (χ1) is 15.2. The van der Waals surface area contributed by atoms with Gasteiger partial charge in [-0.15, -0.1) is 6.58 Å². The molecule has 0 fully saturated rings. The number of fused-ring (bicyclic) bond motifs is 2. The highest BCUT2D eigenvalue weighted by Crippen LogP contribution is 2.30. The van der Waals surface area contributed by atoms with Gasteiger partial charge in [0.15, 0.2) is 5.16 Å². The quantitative estimate of drug-likeness (QED) is 0.253. The van der Waals surface area contributed by atoms with Gasteiger partial charge in [0.2, 0.25) is 0 Å². The molecule has 164 valence electrons. The van der Waals surface area contributed by atoms with E-state index < -0.39 is 17.3 Å². The smallest absolute Gasteiger partial charge is 0.309 e. The van der Waals surface area contributed by atoms with Crippen molar-refractivity contribution in [3.63, 3.8) is 0 Å². The Balaban J connectivity index is 1.73. The van der Waals surface area contributed by atoms with Gasteiger partial charge in [-0.05, 0) is 36.4 Å². The molecule has 0 spiro atoms. The van der Waals surface area contributed by atoms with Crippen LogP contribution < -0.4 is 11.1 Å². The number of hydrogen-bond acceptors (Lipinski definition) is 5. The van der Waals surface area contributed by atoms with E-state index >= 15 is 0 Å². The number of nitrogens with zero attached hydrogens (tertiary/aromatic N) is 3. The number of allylic oxidation sites excluding steroid dienone is 1. The third-order valence-electron chi connectivity index (χ3n) is 4.61. The number of nitrogens with one attached hydrogen (secondary N) is 1. The van der Waals surface area contributed by atoms with Crippen LogP contribution in [0, 0.1) is 0 Å². The maximum absolute atomic E-state index is 13.0. The SMILES string of the molecule is C=CCn1c(SCc2nc3cc(C(F)(F)F)ccc3c(=O)[nH]2)nc2ccc(Cl)cc2c1=O. The van der Waals surface area contributed by atoms with Crippen molar-refractivity contribution >= 4 is 45.2 Å². The highest BCUT2D eigenvalue weighted by molar-refractivity contribution is 7.98. The number of aromatic amines is 1. The predicted molar refractivity (Wildman–Crippen MR) is 118 cm³/mol. The lowest BCUT2D eigenvalue weighted by atomic mass is 10.1. The summed E-state index contributed by atoms with van der Waals surface area (Å²) in [6, 6.07) is 7.54. The van der Waals surface area contributed by atoms with Crippen molar-refractivity contribution in [2.45, 2.75) is 23.6 Å². The van der Waals surface area contributed by atoms with E-state index in [2.05, 4.69) is 21.5 Å². The summed E-state index contributed by atoms with van der Waals surface area (Å²) in [6.45, 7) is 3.84. The van der Waals surface area contributed by atoms with E-state index in [9.17, 15) is 22.8 Å². The molecule has 0 unspecified atom stereocenters. The average molecular weight is 479 g/mol. The van der Waals surface area contributed by atoms with Crippen LogP contribution in [0.3, 0.4) is 0 Å². The van der Waals surface area contributed by atoms with Gasteiger partial charge in [-0.3, -0.25) is 14.2 Å². The van der Waals surface area contributed by atoms with Crippen molar-refractivity contribution in [1.82, 2.24) is 19.5 Å². The van der Waals surface area contributed by atoms with Gasteiger partial charge in [0.25, 0.3) is 11.1 Å². The minimum absolute atomic E-state index is 0.0519. The van der Waals surface area contributed by atoms with Crippen molar-refractivity contribution in [2.75, 3.05) is 0 Å². The zero-order valence-electron chi connectivity index (χ0n) is 16.2. The summed E-state index contributed by atoms with van der Waals surface area (Å²) in [6.07, 6.45) is -3.01. The number of benzene rings is 2. The lowest BCUT2D eigenvalue weighted by molar-refractivity contribution is -0.137. The number of aromatic nitrogens is 4. The first-order valence-corrected chi connectivity index (χ1v) is 10.6. The van der Waals surface area contributed by atoms with Crippen LogP contribution >= 0.6 is 23.4 Å². The molecule has 0 saturated carbocycles. The van der Waals surface area contributed by atoms with Gasteiger partial charge in [0, 0.05) is 11.6 Å². The Morgan fingerprint density at radius 2 is 1.88 bits per heavy atom. The zero-order valence-corrected chi connectivity index (χ0v) is 17.8. The van der Waals surface area contributed by atoms with Gasteiger partial charge in [-0.25, -0.2) is 9.97 Å². The van der Waals surface area contributed by atoms with Crippen LogP contribution in [0.4, 0.5) is 13.2 Å². The number of alkyl halides is 3. The highest BCUT2D eigenvalue weighted by atomic mass is 35.5. The van der Waals surface area contributed by atoms with Gasteiger partial charge in [-0.2, -0.15) is 13.2 Å². The average Bonchev–Trinajstić information content (AvgIpc) is 2.74. The third-order valence-corrected chi connectivity index (χ3v) is 5.84. The lowest BCUT2D eigenvalue weighted by Gasteiger charge is -2.12. The molecule has 4 rings (SSSR count). The molecule has 6 nitrogen and oxygen atoms in total. The molecule has 4 aromatic rings. The van der Waals surface area contributed by atoms with Gasteiger partial charge in [-0.1, -0.05) is 29.4 Å². The molecule has 0 aliphatic carbocycles. The van der Waals surface area contributed by atoms with Crippen LogP contribution in [-0.2, 0) is 18.5 Å². The molecule has 0 aliphatic heterocycles. The molecule has 1 N–H and O–H groups in total. The Kier molecular flexibility index (Phi) is 5.83. The fourth-order valence-electron chi connectivity index (χ4n) is 3.14. The summed E-state index contributed by atoms with van der Waals surface area (Å²) in [5, 5.41) is 1.14. The molecular formula is C21H14ClF3N4O2S. The van der Waals surface area contributed by atoms with Crippen molar-refractivity contribution in [2.24, 2.45) is 0 Å². The van der Waals surface area contributed by atoms with E-state index in [1.807, 2.05) is 0 Å². The van der Waals surface area contributed by atoms with Gasteiger partial charge < -0.3 is 4.98 Å². The summed E-state index contributed by atoms with van der Waals surface area (Å²) in [7, 11) is 0. The monoisotopic (exact) mass is 478 g/mol. The second kappa shape index (κ2) is 8.44. The van der Waals surface area contributed by atoms with Gasteiger partial charge >= 0.3 is 6.18 Å². The van der Waals surface area contributed by atoms with E-state index in [0.29, 0.717) is 21.1 Å². The second-order valence-electron chi connectivity index (χ2n) is 6.79. The molecule has 2 heterocycles. The number of H-pyrrole nitrogens is 1. The molecule has 0 bridgehead atoms. The standard InChI is InChI=1S/C21H14ClF3N4O2S/c1-2-7-29-19(31)14-9-12(22)4-6-15(14)27-20(29)32-10-17-26-16-8-11(21(23,24)25)3-5-13(16)18(30)28-17/h2-6,8-9H,1,7,10H2,(H,26,28,30). The van der Waals surface area contributed by atoms with E-state index in [0.717, 1.165) is 30.0 Å². The maximum Gasteiger partial charge on any atom is 0.416 e. The number of hydrogen-bond donors (Lipinski definition) is 1. The van der Waals surface area contributed by atoms with Crippen molar-refractivity contribution in [1.29, 1.82) is 0 Å². The number of rotatable bonds is 5. The Hall–Kier alpha value is -3.11. The third kappa shape index (κ3) is 4.28. The molecule has 11 heteroatoms. The van der Waals surface area contributed by atoms with Crippen LogP contribution in [0.1, 0.15) is 11.4 Å². The maximum atomic E-state index is 13.0. The summed E-state index contributed by atoms with van der Waals surface area (Å²) < 4.78 is 40.5. The second-order valence-corrected chi connectivity index (χ2v) is 8.17. The molecule has 0 amide bonds. The molecule has 0 atom stereocenters. The fourth-order valence-corrected chi connectivity index (χ4v) is 4.19. The van der Waals surface area contributed by atoms with Crippen molar-refractivity contribution < 1.29 is 13.2 Å². The van der Waals surface area contributed by atoms with E-state index in [4.69, 9.17) is 11.6 Å². The minimum Gasteiger partial charge on any atom is -0.309 e. The van der Waals surface area contributed by atoms with E-state index in [1.54, 1.807) is 18.2 Å². The van der Waals surface area contributed by atoms with Gasteiger partial charge in [0.1, 0.15) is 5.82 Å². The van der Waals surface area contributed by atoms with Crippen LogP contribution in [0.5, 0.6) is 0 Å². The molecule has 0 aliphatic rings. The largest absolute Gasteiger partial charge is 0.416 e. The zero-order chi connectivity index (χ0) is 23.0. The van der Waals surface area contributed by atoms with E-state index in [-0.39, 0.29) is 34.6 Å². The highest BCUT2D eigenvalue weighted by Gasteiger charge is 2.30. The normalized spacial score (nSPS) is 11.9. The molecule has 2 aromatic carbocycles. The van der Waals surface area contributed by atoms with Gasteiger partial charge in [0.05, 0.1) is 33.1 Å². The molecular weight excluding hydrogens is 465 g/mol. The number of thioether (sulfide) groups is 1. The fraction of sp³-hybridized carbons (Fsp3) is 0.143. The van der Waals surface area contributed by atoms with Crippen LogP contribution in [0.2, 0.25) is 5.02 Å². The molecule has 0 radical (unpaired) electrons. The van der Waals surface area contributed by atoms with Crippen LogP contribution in [-0.4, -0.2) is 19.5 Å². The summed E-state index contributed by atoms with van der Waals surface area (Å²) >= 11 is 7.11. The molecule has 32 heavy (non-hydrogen) atoms. The Bertz CT molecular complexity index is 1480. The Labute approximate surface area is 187 Å². The first kappa shape index (κ1) is 22.1. The first-order valence-electron chi connectivity index (χ1n) is 9.21. The van der Waals surface area contributed by atoms with Crippen molar-refractivity contribution in [3.05, 3.63) is 86.2 Å². The molecule has 0 saturated heterocycles. The summed E-state index contributed by atoms with van der Waals surface area (Å²) in [4.78, 5) is 36.4. The molecule has 2 aromatic heterocycles. The Morgan fingerprint density at radius 1 is 1.09 bits per heavy atom. The number of halogens is 4. The topological polar surface area (TPSA) is 80.6 Å². The van der Waals surface area contributed by atoms with Crippen LogP contribution in [0.15, 0.2) is 63.8 Å². The summed E-state index contributed by atoms with van der Waals surface area (Å²) in [5.74, 6) is 0.229. The predicted octanol–water partition coefficient (Wildman–Crippen LogP) is 4.78. The van der Waals surface area contributed by atoms with Crippen molar-refractivity contribution in [3.8, 4) is 0 Å².